The first-order valence-electron chi connectivity index (χ1n) is 8.67. The third-order valence-corrected chi connectivity index (χ3v) is 4.36. The van der Waals surface area contributed by atoms with Crippen LogP contribution in [0.2, 0.25) is 0 Å². The first kappa shape index (κ1) is 24.0. The summed E-state index contributed by atoms with van der Waals surface area (Å²) in [6, 6.07) is 5.73. The van der Waals surface area contributed by atoms with E-state index in [0.29, 0.717) is 19.7 Å². The average Bonchev–Trinajstić information content (AvgIpc) is 2.59. The van der Waals surface area contributed by atoms with Crippen molar-refractivity contribution in [3.05, 3.63) is 23.8 Å². The Labute approximate surface area is 162 Å². The van der Waals surface area contributed by atoms with E-state index in [1.165, 1.54) is 0 Å². The molecule has 0 aliphatic rings. The molecule has 0 saturated carbocycles. The van der Waals surface area contributed by atoms with Gasteiger partial charge in [-0.15, -0.1) is 0 Å². The number of aryl methyl sites for hydroxylation is 1. The van der Waals surface area contributed by atoms with Crippen molar-refractivity contribution < 1.29 is 31.2 Å². The fourth-order valence-electron chi connectivity index (χ4n) is 2.67. The lowest BCUT2D eigenvalue weighted by molar-refractivity contribution is -0.909. The number of nitrogens with one attached hydrogen (secondary N) is 2. The molecule has 0 fully saturated rings. The van der Waals surface area contributed by atoms with Gasteiger partial charge in [-0.25, -0.2) is 0 Å². The number of benzene rings is 1. The zero-order chi connectivity index (χ0) is 18.5. The molecule has 0 saturated heterocycles. The first-order chi connectivity index (χ1) is 12.0. The van der Waals surface area contributed by atoms with Gasteiger partial charge in [0.25, 0.3) is 0 Å². The molecule has 0 heterocycles. The van der Waals surface area contributed by atoms with Crippen LogP contribution in [0.25, 0.3) is 0 Å². The van der Waals surface area contributed by atoms with Crippen molar-refractivity contribution >= 4 is 18.5 Å². The summed E-state index contributed by atoms with van der Waals surface area (Å²) in [4.78, 5) is 20.7. The zero-order valence-electron chi connectivity index (χ0n) is 15.7. The third kappa shape index (κ3) is 9.48. The SMILES string of the molecule is Cc1ccc(OCC[N+](C)(CCCNC=O)CCCNC=O)cc1N.[Cl-]. The van der Waals surface area contributed by atoms with Crippen LogP contribution in [0.4, 0.5) is 5.69 Å². The van der Waals surface area contributed by atoms with E-state index in [4.69, 9.17) is 10.5 Å². The summed E-state index contributed by atoms with van der Waals surface area (Å²) in [5, 5.41) is 5.39. The summed E-state index contributed by atoms with van der Waals surface area (Å²) < 4.78 is 6.68. The molecule has 1 rings (SSSR count). The molecule has 26 heavy (non-hydrogen) atoms. The van der Waals surface area contributed by atoms with E-state index >= 15 is 0 Å². The standard InChI is InChI=1S/C18H30N4O3.ClH/c1-16-5-6-17(13-18(16)19)25-12-11-22(2,9-3-7-20-14-23)10-4-8-21-15-24;/h5-6,13-15H,3-4,7-12,19H2,1-2H3,(H-,20,21,23,24);1H. The number of hydrogen-bond donors (Lipinski definition) is 3. The summed E-state index contributed by atoms with van der Waals surface area (Å²) >= 11 is 0. The summed E-state index contributed by atoms with van der Waals surface area (Å²) in [5.74, 6) is 0.778. The number of nitrogens with zero attached hydrogens (tertiary/aromatic N) is 1. The van der Waals surface area contributed by atoms with Crippen LogP contribution in [0.5, 0.6) is 5.75 Å². The van der Waals surface area contributed by atoms with E-state index < -0.39 is 0 Å². The Bertz CT molecular complexity index is 527. The maximum Gasteiger partial charge on any atom is 0.207 e. The number of rotatable bonds is 14. The molecule has 148 valence electrons. The molecule has 2 amide bonds. The summed E-state index contributed by atoms with van der Waals surface area (Å²) in [7, 11) is 2.18. The van der Waals surface area contributed by atoms with Gasteiger partial charge in [-0.05, 0) is 18.6 Å². The van der Waals surface area contributed by atoms with Crippen LogP contribution in [0.3, 0.4) is 0 Å². The van der Waals surface area contributed by atoms with E-state index in [1.807, 2.05) is 25.1 Å². The van der Waals surface area contributed by atoms with Crippen LogP contribution in [-0.2, 0) is 9.59 Å². The number of halogens is 1. The number of nitrogens with two attached hydrogens (primary N) is 1. The van der Waals surface area contributed by atoms with Gasteiger partial charge in [-0.2, -0.15) is 0 Å². The molecule has 4 N–H and O–H groups in total. The number of carbonyl (C=O) groups excluding carboxylic acids is 2. The molecule has 0 bridgehead atoms. The van der Waals surface area contributed by atoms with E-state index in [1.54, 1.807) is 0 Å². The normalized spacial score (nSPS) is 10.5. The molecule has 0 spiro atoms. The molecule has 0 unspecified atom stereocenters. The van der Waals surface area contributed by atoms with E-state index in [2.05, 4.69) is 17.7 Å². The maximum atomic E-state index is 10.4. The van der Waals surface area contributed by atoms with Crippen molar-refractivity contribution in [2.45, 2.75) is 19.8 Å². The largest absolute Gasteiger partial charge is 1.00 e. The van der Waals surface area contributed by atoms with Crippen molar-refractivity contribution in [1.29, 1.82) is 0 Å². The van der Waals surface area contributed by atoms with Crippen LogP contribution < -0.4 is 33.5 Å². The Kier molecular flexibility index (Phi) is 12.2. The minimum absolute atomic E-state index is 0. The molecule has 0 aromatic heterocycles. The van der Waals surface area contributed by atoms with E-state index in [9.17, 15) is 9.59 Å². The highest BCUT2D eigenvalue weighted by molar-refractivity contribution is 5.50. The first-order valence-corrected chi connectivity index (χ1v) is 8.67. The Morgan fingerprint density at radius 1 is 1.08 bits per heavy atom. The summed E-state index contributed by atoms with van der Waals surface area (Å²) in [6.45, 7) is 6.59. The highest BCUT2D eigenvalue weighted by atomic mass is 35.5. The van der Waals surface area contributed by atoms with Crippen LogP contribution >= 0.6 is 0 Å². The highest BCUT2D eigenvalue weighted by Crippen LogP contribution is 2.19. The van der Waals surface area contributed by atoms with Crippen molar-refractivity contribution in [3.8, 4) is 5.75 Å². The van der Waals surface area contributed by atoms with Gasteiger partial charge >= 0.3 is 0 Å². The number of carbonyl (C=O) groups is 2. The van der Waals surface area contributed by atoms with Crippen molar-refractivity contribution in [2.24, 2.45) is 0 Å². The van der Waals surface area contributed by atoms with Gasteiger partial charge < -0.3 is 38.0 Å². The second kappa shape index (κ2) is 13.2. The number of ether oxygens (including phenoxy) is 1. The van der Waals surface area contributed by atoms with Crippen molar-refractivity contribution in [3.63, 3.8) is 0 Å². The fourth-order valence-corrected chi connectivity index (χ4v) is 2.67. The summed E-state index contributed by atoms with van der Waals surface area (Å²) in [6.07, 6.45) is 3.24. The van der Waals surface area contributed by atoms with Gasteiger partial charge in [0.15, 0.2) is 0 Å². The van der Waals surface area contributed by atoms with Gasteiger partial charge in [0, 0.05) is 37.7 Å². The smallest absolute Gasteiger partial charge is 0.207 e. The number of nitrogen functional groups attached to an aromatic ring is 1. The Morgan fingerprint density at radius 2 is 1.65 bits per heavy atom. The van der Waals surface area contributed by atoms with Gasteiger partial charge in [0.2, 0.25) is 12.8 Å². The fraction of sp³-hybridized carbons (Fsp3) is 0.556. The molecule has 0 aliphatic heterocycles. The molecular formula is C18H31ClN4O3. The molecule has 1 aromatic carbocycles. The van der Waals surface area contributed by atoms with Gasteiger partial charge in [-0.1, -0.05) is 6.07 Å². The minimum atomic E-state index is 0. The number of hydrogen-bond acceptors (Lipinski definition) is 4. The zero-order valence-corrected chi connectivity index (χ0v) is 16.4. The molecule has 0 radical (unpaired) electrons. The Morgan fingerprint density at radius 3 is 2.15 bits per heavy atom. The quantitative estimate of drug-likeness (QED) is 0.145. The monoisotopic (exact) mass is 386 g/mol. The predicted molar refractivity (Wildman–Crippen MR) is 99.2 cm³/mol. The predicted octanol–water partition coefficient (Wildman–Crippen LogP) is -2.32. The van der Waals surface area contributed by atoms with Crippen LogP contribution in [0, 0.1) is 6.92 Å². The highest BCUT2D eigenvalue weighted by Gasteiger charge is 2.20. The number of quaternary nitrogens is 1. The Balaban J connectivity index is 0.00000625. The molecule has 7 nitrogen and oxygen atoms in total. The minimum Gasteiger partial charge on any atom is -1.00 e. The molecule has 1 aromatic rings. The Hall–Kier alpha value is -1.99. The third-order valence-electron chi connectivity index (χ3n) is 4.36. The van der Waals surface area contributed by atoms with Crippen LogP contribution in [0.15, 0.2) is 18.2 Å². The van der Waals surface area contributed by atoms with Crippen LogP contribution in [-0.4, -0.2) is 63.7 Å². The summed E-state index contributed by atoms with van der Waals surface area (Å²) in [5.41, 5.74) is 7.68. The van der Waals surface area contributed by atoms with Crippen molar-refractivity contribution in [2.75, 3.05) is 52.1 Å². The lowest BCUT2D eigenvalue weighted by atomic mass is 10.2. The second-order valence-corrected chi connectivity index (χ2v) is 6.51. The number of likely N-dealkylation sites (N-methyl/N-ethyl adjacent to an activating group) is 1. The molecule has 0 aliphatic carbocycles. The van der Waals surface area contributed by atoms with Crippen LogP contribution in [0.1, 0.15) is 18.4 Å². The van der Waals surface area contributed by atoms with Gasteiger partial charge in [-0.3, -0.25) is 9.59 Å². The number of anilines is 1. The van der Waals surface area contributed by atoms with Gasteiger partial charge in [0.05, 0.1) is 20.1 Å². The lowest BCUT2D eigenvalue weighted by Gasteiger charge is -2.34. The van der Waals surface area contributed by atoms with E-state index in [0.717, 1.165) is 66.8 Å². The second-order valence-electron chi connectivity index (χ2n) is 6.51. The maximum absolute atomic E-state index is 10.4. The molecular weight excluding hydrogens is 356 g/mol. The average molecular weight is 387 g/mol. The van der Waals surface area contributed by atoms with Gasteiger partial charge in [0.1, 0.15) is 18.9 Å². The van der Waals surface area contributed by atoms with E-state index in [-0.39, 0.29) is 12.4 Å². The van der Waals surface area contributed by atoms with Crippen molar-refractivity contribution in [1.82, 2.24) is 10.6 Å². The topological polar surface area (TPSA) is 93.5 Å². The number of amides is 2. The lowest BCUT2D eigenvalue weighted by Crippen LogP contribution is -3.00. The molecule has 0 atom stereocenters. The molecule has 8 heteroatoms.